The smallest absolute Gasteiger partial charge is 0.227 e. The van der Waals surface area contributed by atoms with Crippen molar-refractivity contribution in [2.24, 2.45) is 0 Å². The maximum absolute atomic E-state index is 13.5. The molecule has 4 nitrogen and oxygen atoms in total. The van der Waals surface area contributed by atoms with Gasteiger partial charge in [-0.2, -0.15) is 15.0 Å². The third-order valence-corrected chi connectivity index (χ3v) is 2.16. The molecule has 2 N–H and O–H groups in total. The second kappa shape index (κ2) is 4.02. The van der Waals surface area contributed by atoms with Gasteiger partial charge in [-0.3, -0.25) is 0 Å². The average Bonchev–Trinajstić information content (AvgIpc) is 2.20. The predicted octanol–water partition coefficient (Wildman–Crippen LogP) is 2.22. The lowest BCUT2D eigenvalue weighted by atomic mass is 10.1. The summed E-state index contributed by atoms with van der Waals surface area (Å²) in [4.78, 5) is 11.3. The molecule has 0 saturated carbocycles. The zero-order valence-electron chi connectivity index (χ0n) is 8.41. The number of hydrogen-bond donors (Lipinski definition) is 1. The summed E-state index contributed by atoms with van der Waals surface area (Å²) in [5.74, 6) is -0.318. The molecule has 1 heterocycles. The minimum absolute atomic E-state index is 0.0316. The molecule has 0 saturated heterocycles. The van der Waals surface area contributed by atoms with Crippen LogP contribution in [0.5, 0.6) is 0 Å². The molecular formula is C10H8ClFN4. The molecule has 1 aromatic heterocycles. The fourth-order valence-electron chi connectivity index (χ4n) is 1.30. The summed E-state index contributed by atoms with van der Waals surface area (Å²) < 4.78 is 13.5. The van der Waals surface area contributed by atoms with Crippen molar-refractivity contribution in [2.75, 3.05) is 5.73 Å². The number of nitrogens with zero attached hydrogens (tertiary/aromatic N) is 3. The zero-order chi connectivity index (χ0) is 11.7. The van der Waals surface area contributed by atoms with Gasteiger partial charge in [0.25, 0.3) is 0 Å². The van der Waals surface area contributed by atoms with Crippen LogP contribution in [0.15, 0.2) is 18.2 Å². The monoisotopic (exact) mass is 238 g/mol. The molecule has 0 radical (unpaired) electrons. The summed E-state index contributed by atoms with van der Waals surface area (Å²) in [5, 5.41) is -0.0524. The highest BCUT2D eigenvalue weighted by Crippen LogP contribution is 2.21. The normalized spacial score (nSPS) is 10.4. The van der Waals surface area contributed by atoms with Crippen LogP contribution in [0.4, 0.5) is 10.3 Å². The summed E-state index contributed by atoms with van der Waals surface area (Å²) in [6.07, 6.45) is 0. The third kappa shape index (κ3) is 2.09. The highest BCUT2D eigenvalue weighted by molar-refractivity contribution is 6.28. The molecule has 1 aromatic carbocycles. The van der Waals surface area contributed by atoms with E-state index in [2.05, 4.69) is 15.0 Å². The molecule has 82 valence electrons. The summed E-state index contributed by atoms with van der Waals surface area (Å²) in [6, 6.07) is 4.63. The van der Waals surface area contributed by atoms with Gasteiger partial charge in [-0.1, -0.05) is 11.6 Å². The van der Waals surface area contributed by atoms with E-state index in [-0.39, 0.29) is 22.6 Å². The zero-order valence-corrected chi connectivity index (χ0v) is 9.16. The van der Waals surface area contributed by atoms with E-state index >= 15 is 0 Å². The van der Waals surface area contributed by atoms with Gasteiger partial charge < -0.3 is 5.73 Å². The molecule has 6 heteroatoms. The second-order valence-electron chi connectivity index (χ2n) is 3.27. The van der Waals surface area contributed by atoms with Crippen molar-refractivity contribution in [3.8, 4) is 11.4 Å². The SMILES string of the molecule is Cc1ccc(F)c(-c2nc(N)nc(Cl)n2)c1. The van der Waals surface area contributed by atoms with Crippen LogP contribution in [0.25, 0.3) is 11.4 Å². The summed E-state index contributed by atoms with van der Waals surface area (Å²) in [5.41, 5.74) is 6.57. The van der Waals surface area contributed by atoms with Crippen LogP contribution in [0.1, 0.15) is 5.56 Å². The number of rotatable bonds is 1. The number of benzene rings is 1. The number of aromatic nitrogens is 3. The van der Waals surface area contributed by atoms with Crippen LogP contribution in [-0.2, 0) is 0 Å². The summed E-state index contributed by atoms with van der Waals surface area (Å²) >= 11 is 5.63. The Hall–Kier alpha value is -1.75. The standard InChI is InChI=1S/C10H8ClFN4/c1-5-2-3-7(12)6(4-5)8-14-9(11)16-10(13)15-8/h2-4H,1H3,(H2,13,14,15,16). The number of aryl methyl sites for hydroxylation is 1. The minimum Gasteiger partial charge on any atom is -0.368 e. The van der Waals surface area contributed by atoms with Crippen LogP contribution in [0, 0.1) is 12.7 Å². The lowest BCUT2D eigenvalue weighted by Gasteiger charge is -2.03. The van der Waals surface area contributed by atoms with Crippen LogP contribution < -0.4 is 5.73 Å². The van der Waals surface area contributed by atoms with Gasteiger partial charge in [-0.15, -0.1) is 0 Å². The number of nitrogens with two attached hydrogens (primary N) is 1. The molecule has 0 fully saturated rings. The molecule has 2 aromatic rings. The van der Waals surface area contributed by atoms with E-state index in [1.165, 1.54) is 6.07 Å². The van der Waals surface area contributed by atoms with Gasteiger partial charge in [0.2, 0.25) is 11.2 Å². The van der Waals surface area contributed by atoms with Crippen LogP contribution in [0.2, 0.25) is 5.28 Å². The fraction of sp³-hybridized carbons (Fsp3) is 0.100. The van der Waals surface area contributed by atoms with Gasteiger partial charge in [-0.05, 0) is 30.7 Å². The van der Waals surface area contributed by atoms with Crippen LogP contribution in [0.3, 0.4) is 0 Å². The molecule has 16 heavy (non-hydrogen) atoms. The molecule has 0 aliphatic heterocycles. The van der Waals surface area contributed by atoms with E-state index in [1.807, 2.05) is 6.92 Å². The van der Waals surface area contributed by atoms with Crippen LogP contribution >= 0.6 is 11.6 Å². The van der Waals surface area contributed by atoms with Crippen molar-refractivity contribution in [1.29, 1.82) is 0 Å². The van der Waals surface area contributed by atoms with Crippen molar-refractivity contribution in [3.05, 3.63) is 34.9 Å². The first-order valence-electron chi connectivity index (χ1n) is 4.50. The molecular weight excluding hydrogens is 231 g/mol. The first-order valence-corrected chi connectivity index (χ1v) is 4.87. The van der Waals surface area contributed by atoms with E-state index < -0.39 is 5.82 Å². The molecule has 0 spiro atoms. The van der Waals surface area contributed by atoms with Crippen molar-refractivity contribution in [2.45, 2.75) is 6.92 Å². The maximum Gasteiger partial charge on any atom is 0.227 e. The average molecular weight is 239 g/mol. The Morgan fingerprint density at radius 2 is 2.00 bits per heavy atom. The quantitative estimate of drug-likeness (QED) is 0.827. The van der Waals surface area contributed by atoms with E-state index in [0.29, 0.717) is 0 Å². The van der Waals surface area contributed by atoms with Crippen molar-refractivity contribution < 1.29 is 4.39 Å². The van der Waals surface area contributed by atoms with E-state index in [4.69, 9.17) is 17.3 Å². The molecule has 0 atom stereocenters. The largest absolute Gasteiger partial charge is 0.368 e. The van der Waals surface area contributed by atoms with Crippen molar-refractivity contribution in [3.63, 3.8) is 0 Å². The van der Waals surface area contributed by atoms with Gasteiger partial charge in [0.15, 0.2) is 5.82 Å². The van der Waals surface area contributed by atoms with E-state index in [9.17, 15) is 4.39 Å². The Balaban J connectivity index is 2.62. The highest BCUT2D eigenvalue weighted by Gasteiger charge is 2.10. The van der Waals surface area contributed by atoms with E-state index in [0.717, 1.165) is 5.56 Å². The molecule has 0 aliphatic carbocycles. The van der Waals surface area contributed by atoms with Crippen LogP contribution in [-0.4, -0.2) is 15.0 Å². The Bertz CT molecular complexity index is 524. The summed E-state index contributed by atoms with van der Waals surface area (Å²) in [6.45, 7) is 1.84. The van der Waals surface area contributed by atoms with Crippen molar-refractivity contribution >= 4 is 17.5 Å². The second-order valence-corrected chi connectivity index (χ2v) is 3.61. The van der Waals surface area contributed by atoms with Gasteiger partial charge in [0.05, 0.1) is 5.56 Å². The van der Waals surface area contributed by atoms with E-state index in [1.54, 1.807) is 12.1 Å². The van der Waals surface area contributed by atoms with Crippen molar-refractivity contribution in [1.82, 2.24) is 15.0 Å². The first kappa shape index (κ1) is 10.8. The minimum atomic E-state index is -0.424. The lowest BCUT2D eigenvalue weighted by Crippen LogP contribution is -2.01. The molecule has 0 amide bonds. The topological polar surface area (TPSA) is 64.7 Å². The first-order chi connectivity index (χ1) is 7.56. The molecule has 0 aliphatic rings. The summed E-state index contributed by atoms with van der Waals surface area (Å²) in [7, 11) is 0. The number of nitrogen functional groups attached to an aromatic ring is 1. The highest BCUT2D eigenvalue weighted by atomic mass is 35.5. The fourth-order valence-corrected chi connectivity index (χ4v) is 1.46. The molecule has 0 unspecified atom stereocenters. The van der Waals surface area contributed by atoms with Gasteiger partial charge >= 0.3 is 0 Å². The number of anilines is 1. The predicted molar refractivity (Wildman–Crippen MR) is 59.4 cm³/mol. The Kier molecular flexibility index (Phi) is 2.70. The maximum atomic E-state index is 13.5. The Labute approximate surface area is 96.3 Å². The number of halogens is 2. The third-order valence-electron chi connectivity index (χ3n) is 1.99. The Morgan fingerprint density at radius 1 is 1.25 bits per heavy atom. The number of hydrogen-bond acceptors (Lipinski definition) is 4. The lowest BCUT2D eigenvalue weighted by molar-refractivity contribution is 0.629. The Morgan fingerprint density at radius 3 is 2.69 bits per heavy atom. The molecule has 2 rings (SSSR count). The van der Waals surface area contributed by atoms with Gasteiger partial charge in [0, 0.05) is 0 Å². The molecule has 0 bridgehead atoms. The van der Waals surface area contributed by atoms with Gasteiger partial charge in [-0.25, -0.2) is 4.39 Å². The van der Waals surface area contributed by atoms with Gasteiger partial charge in [0.1, 0.15) is 5.82 Å².